The summed E-state index contributed by atoms with van der Waals surface area (Å²) in [6.07, 6.45) is 3.68. The normalized spacial score (nSPS) is 19.4. The van der Waals surface area contributed by atoms with Crippen molar-refractivity contribution < 1.29 is 14.4 Å². The first-order valence-corrected chi connectivity index (χ1v) is 8.63. The second-order valence-corrected chi connectivity index (χ2v) is 6.39. The van der Waals surface area contributed by atoms with Gasteiger partial charge in [0.05, 0.1) is 11.1 Å². The number of benzene rings is 1. The zero-order valence-corrected chi connectivity index (χ0v) is 15.2. The van der Waals surface area contributed by atoms with Gasteiger partial charge in [0.1, 0.15) is 0 Å². The topological polar surface area (TPSA) is 78.5 Å². The molecular formula is C18H24ClN3O3. The van der Waals surface area contributed by atoms with Crippen LogP contribution in [-0.4, -0.2) is 48.3 Å². The van der Waals surface area contributed by atoms with Crippen molar-refractivity contribution >= 4 is 30.1 Å². The van der Waals surface area contributed by atoms with Crippen molar-refractivity contribution in [2.75, 3.05) is 19.6 Å². The molecule has 1 aromatic rings. The Labute approximate surface area is 153 Å². The second-order valence-electron chi connectivity index (χ2n) is 6.39. The van der Waals surface area contributed by atoms with E-state index in [9.17, 15) is 14.4 Å². The molecule has 1 atom stereocenters. The largest absolute Gasteiger partial charge is 0.348 e. The lowest BCUT2D eigenvalue weighted by Gasteiger charge is -2.23. The number of unbranched alkanes of at least 4 members (excludes halogenated alkanes) is 1. The summed E-state index contributed by atoms with van der Waals surface area (Å²) in [5.41, 5.74) is 1.16. The molecule has 2 heterocycles. The van der Waals surface area contributed by atoms with E-state index in [2.05, 4.69) is 10.6 Å². The monoisotopic (exact) mass is 365 g/mol. The number of imide groups is 1. The predicted molar refractivity (Wildman–Crippen MR) is 97.3 cm³/mol. The number of nitrogens with one attached hydrogen (secondary N) is 2. The number of piperidine rings is 1. The summed E-state index contributed by atoms with van der Waals surface area (Å²) in [6.45, 7) is 4.19. The molecular weight excluding hydrogens is 342 g/mol. The minimum absolute atomic E-state index is 0. The molecule has 1 aromatic carbocycles. The zero-order valence-electron chi connectivity index (χ0n) is 14.3. The van der Waals surface area contributed by atoms with Gasteiger partial charge in [-0.3, -0.25) is 19.3 Å². The van der Waals surface area contributed by atoms with Crippen LogP contribution in [0.25, 0.3) is 0 Å². The van der Waals surface area contributed by atoms with E-state index in [1.807, 2.05) is 6.92 Å². The van der Waals surface area contributed by atoms with Crippen LogP contribution in [-0.2, 0) is 0 Å². The molecule has 1 saturated heterocycles. The number of carbonyl (C=O) groups is 3. The Balaban J connectivity index is 0.00000225. The quantitative estimate of drug-likeness (QED) is 0.782. The summed E-state index contributed by atoms with van der Waals surface area (Å²) in [7, 11) is 0. The molecule has 2 aliphatic rings. The van der Waals surface area contributed by atoms with E-state index in [1.165, 1.54) is 4.90 Å². The maximum absolute atomic E-state index is 12.4. The van der Waals surface area contributed by atoms with Crippen molar-refractivity contribution in [3.05, 3.63) is 34.9 Å². The fraction of sp³-hybridized carbons (Fsp3) is 0.500. The highest BCUT2D eigenvalue weighted by Crippen LogP contribution is 2.24. The SMILES string of the molecule is CCCCN1C(=O)c2ccc(C(=O)NC3CCCNC3)cc2C1=O.Cl. The lowest BCUT2D eigenvalue weighted by atomic mass is 10.0. The van der Waals surface area contributed by atoms with Gasteiger partial charge in [-0.15, -0.1) is 12.4 Å². The van der Waals surface area contributed by atoms with E-state index in [1.54, 1.807) is 18.2 Å². The van der Waals surface area contributed by atoms with Gasteiger partial charge in [0.25, 0.3) is 17.7 Å². The molecule has 2 aliphatic heterocycles. The smallest absolute Gasteiger partial charge is 0.261 e. The molecule has 1 fully saturated rings. The fourth-order valence-corrected chi connectivity index (χ4v) is 3.20. The standard InChI is InChI=1S/C18H23N3O3.ClH/c1-2-3-9-21-17(23)14-7-6-12(10-15(14)18(21)24)16(22)20-13-5-4-8-19-11-13;/h6-7,10,13,19H,2-5,8-9,11H2,1H3,(H,20,22);1H. The molecule has 25 heavy (non-hydrogen) atoms. The van der Waals surface area contributed by atoms with Crippen molar-refractivity contribution in [3.63, 3.8) is 0 Å². The molecule has 0 aliphatic carbocycles. The Kier molecular flexibility index (Phi) is 6.56. The van der Waals surface area contributed by atoms with Gasteiger partial charge in [0, 0.05) is 24.7 Å². The maximum atomic E-state index is 12.4. The first-order valence-electron chi connectivity index (χ1n) is 8.63. The van der Waals surface area contributed by atoms with Crippen LogP contribution >= 0.6 is 12.4 Å². The predicted octanol–water partition coefficient (Wildman–Crippen LogP) is 1.99. The zero-order chi connectivity index (χ0) is 17.1. The van der Waals surface area contributed by atoms with E-state index in [0.717, 1.165) is 38.8 Å². The molecule has 0 aromatic heterocycles. The molecule has 3 rings (SSSR count). The molecule has 0 bridgehead atoms. The highest BCUT2D eigenvalue weighted by molar-refractivity contribution is 6.22. The summed E-state index contributed by atoms with van der Waals surface area (Å²) < 4.78 is 0. The molecule has 2 N–H and O–H groups in total. The Morgan fingerprint density at radius 1 is 1.28 bits per heavy atom. The van der Waals surface area contributed by atoms with Crippen LogP contribution < -0.4 is 10.6 Å². The maximum Gasteiger partial charge on any atom is 0.261 e. The molecule has 0 radical (unpaired) electrons. The van der Waals surface area contributed by atoms with Crippen LogP contribution in [0.4, 0.5) is 0 Å². The van der Waals surface area contributed by atoms with Crippen LogP contribution in [0, 0.1) is 0 Å². The third-order valence-electron chi connectivity index (χ3n) is 4.60. The van der Waals surface area contributed by atoms with Crippen LogP contribution in [0.3, 0.4) is 0 Å². The molecule has 1 unspecified atom stereocenters. The van der Waals surface area contributed by atoms with Crippen LogP contribution in [0.5, 0.6) is 0 Å². The van der Waals surface area contributed by atoms with Gasteiger partial charge < -0.3 is 10.6 Å². The number of amides is 3. The molecule has 6 nitrogen and oxygen atoms in total. The minimum Gasteiger partial charge on any atom is -0.348 e. The van der Waals surface area contributed by atoms with Gasteiger partial charge >= 0.3 is 0 Å². The van der Waals surface area contributed by atoms with Gasteiger partial charge in [0.15, 0.2) is 0 Å². The van der Waals surface area contributed by atoms with Crippen molar-refractivity contribution in [1.82, 2.24) is 15.5 Å². The summed E-state index contributed by atoms with van der Waals surface area (Å²) >= 11 is 0. The molecule has 136 valence electrons. The number of hydrogen-bond acceptors (Lipinski definition) is 4. The lowest BCUT2D eigenvalue weighted by molar-refractivity contribution is 0.0652. The lowest BCUT2D eigenvalue weighted by Crippen LogP contribution is -2.45. The van der Waals surface area contributed by atoms with Crippen LogP contribution in [0.2, 0.25) is 0 Å². The number of nitrogens with zero attached hydrogens (tertiary/aromatic N) is 1. The minimum atomic E-state index is -0.294. The van der Waals surface area contributed by atoms with Gasteiger partial charge in [-0.25, -0.2) is 0 Å². The van der Waals surface area contributed by atoms with Gasteiger partial charge in [-0.2, -0.15) is 0 Å². The molecule has 0 saturated carbocycles. The van der Waals surface area contributed by atoms with E-state index in [0.29, 0.717) is 23.2 Å². The van der Waals surface area contributed by atoms with Crippen LogP contribution in [0.1, 0.15) is 63.7 Å². The Morgan fingerprint density at radius 3 is 2.72 bits per heavy atom. The van der Waals surface area contributed by atoms with Gasteiger partial charge in [0.2, 0.25) is 0 Å². The Morgan fingerprint density at radius 2 is 2.04 bits per heavy atom. The Hall–Kier alpha value is -1.92. The van der Waals surface area contributed by atoms with Crippen molar-refractivity contribution in [2.24, 2.45) is 0 Å². The van der Waals surface area contributed by atoms with E-state index < -0.39 is 0 Å². The van der Waals surface area contributed by atoms with E-state index in [-0.39, 0.29) is 36.2 Å². The van der Waals surface area contributed by atoms with E-state index >= 15 is 0 Å². The number of rotatable bonds is 5. The van der Waals surface area contributed by atoms with Gasteiger partial charge in [-0.05, 0) is 44.0 Å². The van der Waals surface area contributed by atoms with Gasteiger partial charge in [-0.1, -0.05) is 13.3 Å². The van der Waals surface area contributed by atoms with Crippen molar-refractivity contribution in [1.29, 1.82) is 0 Å². The second kappa shape index (κ2) is 8.45. The summed E-state index contributed by atoms with van der Waals surface area (Å²) in [5, 5.41) is 6.24. The molecule has 3 amide bonds. The Bertz CT molecular complexity index is 672. The highest BCUT2D eigenvalue weighted by atomic mass is 35.5. The average molecular weight is 366 g/mol. The first kappa shape index (κ1) is 19.4. The third kappa shape index (κ3) is 4.02. The molecule has 0 spiro atoms. The third-order valence-corrected chi connectivity index (χ3v) is 4.60. The molecule has 7 heteroatoms. The summed E-state index contributed by atoms with van der Waals surface area (Å²) in [5.74, 6) is -0.747. The summed E-state index contributed by atoms with van der Waals surface area (Å²) in [6, 6.07) is 4.87. The van der Waals surface area contributed by atoms with Crippen LogP contribution in [0.15, 0.2) is 18.2 Å². The first-order chi connectivity index (χ1) is 11.6. The number of hydrogen-bond donors (Lipinski definition) is 2. The average Bonchev–Trinajstić information content (AvgIpc) is 2.84. The number of carbonyl (C=O) groups excluding carboxylic acids is 3. The highest BCUT2D eigenvalue weighted by Gasteiger charge is 2.35. The van der Waals surface area contributed by atoms with Crippen molar-refractivity contribution in [3.8, 4) is 0 Å². The number of halogens is 1. The summed E-state index contributed by atoms with van der Waals surface area (Å²) in [4.78, 5) is 38.4. The number of fused-ring (bicyclic) bond motifs is 1. The van der Waals surface area contributed by atoms with E-state index in [4.69, 9.17) is 0 Å². The van der Waals surface area contributed by atoms with Crippen molar-refractivity contribution in [2.45, 2.75) is 38.6 Å². The fourth-order valence-electron chi connectivity index (χ4n) is 3.20.